The number of aromatic amines is 1. The summed E-state index contributed by atoms with van der Waals surface area (Å²) >= 11 is 0. The first kappa shape index (κ1) is 5.65. The highest BCUT2D eigenvalue weighted by atomic mass is 16.1. The van der Waals surface area contributed by atoms with E-state index < -0.39 is 0 Å². The van der Waals surface area contributed by atoms with Gasteiger partial charge in [-0.05, 0) is 19.8 Å². The molecule has 0 fully saturated rings. The molecule has 0 spiro atoms. The van der Waals surface area contributed by atoms with E-state index in [0.29, 0.717) is 0 Å². The van der Waals surface area contributed by atoms with Crippen molar-refractivity contribution in [3.8, 4) is 0 Å². The van der Waals surface area contributed by atoms with E-state index in [2.05, 4.69) is 9.97 Å². The molecule has 1 heterocycles. The van der Waals surface area contributed by atoms with Gasteiger partial charge in [0.1, 0.15) is 5.82 Å². The molecule has 1 N–H and O–H groups in total. The summed E-state index contributed by atoms with van der Waals surface area (Å²) in [5.41, 5.74) is 1.92. The minimum absolute atomic E-state index is 0.0498. The summed E-state index contributed by atoms with van der Waals surface area (Å²) in [6, 6.07) is 0. The molecule has 1 aliphatic carbocycles. The molecule has 10 heavy (non-hydrogen) atoms. The highest BCUT2D eigenvalue weighted by molar-refractivity contribution is 5.26. The van der Waals surface area contributed by atoms with E-state index >= 15 is 0 Å². The third kappa shape index (κ3) is 0.602. The van der Waals surface area contributed by atoms with Gasteiger partial charge in [-0.2, -0.15) is 0 Å². The van der Waals surface area contributed by atoms with Crippen LogP contribution in [0.3, 0.4) is 0 Å². The zero-order chi connectivity index (χ0) is 7.14. The number of nitrogens with zero attached hydrogens (tertiary/aromatic N) is 1. The number of nitrogens with one attached hydrogen (secondary N) is 1. The Bertz CT molecular complexity index is 327. The summed E-state index contributed by atoms with van der Waals surface area (Å²) in [5, 5.41) is 0. The van der Waals surface area contributed by atoms with Crippen LogP contribution in [0.15, 0.2) is 4.79 Å². The molecule has 0 bridgehead atoms. The lowest BCUT2D eigenvalue weighted by atomic mass is 9.96. The molecule has 0 atom stereocenters. The van der Waals surface area contributed by atoms with Crippen molar-refractivity contribution in [3.63, 3.8) is 0 Å². The zero-order valence-corrected chi connectivity index (χ0v) is 5.77. The van der Waals surface area contributed by atoms with Gasteiger partial charge in [-0.3, -0.25) is 4.79 Å². The Morgan fingerprint density at radius 2 is 2.30 bits per heavy atom. The van der Waals surface area contributed by atoms with Crippen molar-refractivity contribution >= 4 is 0 Å². The average molecular weight is 136 g/mol. The van der Waals surface area contributed by atoms with Crippen molar-refractivity contribution in [2.45, 2.75) is 19.8 Å². The number of fused-ring (bicyclic) bond motifs is 1. The molecule has 3 nitrogen and oxygen atoms in total. The topological polar surface area (TPSA) is 45.8 Å². The van der Waals surface area contributed by atoms with Gasteiger partial charge >= 0.3 is 0 Å². The number of hydrogen-bond acceptors (Lipinski definition) is 2. The van der Waals surface area contributed by atoms with Crippen LogP contribution in [-0.2, 0) is 12.8 Å². The van der Waals surface area contributed by atoms with Crippen molar-refractivity contribution in [3.05, 3.63) is 27.4 Å². The number of aromatic nitrogens is 2. The molecule has 52 valence electrons. The fourth-order valence-corrected chi connectivity index (χ4v) is 1.20. The third-order valence-corrected chi connectivity index (χ3v) is 1.83. The van der Waals surface area contributed by atoms with Crippen molar-refractivity contribution < 1.29 is 0 Å². The fraction of sp³-hybridized carbons (Fsp3) is 0.429. The van der Waals surface area contributed by atoms with Gasteiger partial charge in [0.25, 0.3) is 5.56 Å². The van der Waals surface area contributed by atoms with Gasteiger partial charge in [0.2, 0.25) is 0 Å². The van der Waals surface area contributed by atoms with Gasteiger partial charge in [0.15, 0.2) is 0 Å². The summed E-state index contributed by atoms with van der Waals surface area (Å²) in [5.74, 6) is 0.725. The van der Waals surface area contributed by atoms with Crippen LogP contribution in [0.1, 0.15) is 17.1 Å². The molecule has 2 rings (SSSR count). The molecule has 1 aromatic heterocycles. The van der Waals surface area contributed by atoms with Gasteiger partial charge in [-0.1, -0.05) is 0 Å². The normalized spacial score (nSPS) is 14.1. The Kier molecular flexibility index (Phi) is 0.952. The van der Waals surface area contributed by atoms with Crippen LogP contribution in [0.4, 0.5) is 0 Å². The Hall–Kier alpha value is -1.12. The minimum Gasteiger partial charge on any atom is -0.311 e. The molecular formula is C7H8N2O. The summed E-state index contributed by atoms with van der Waals surface area (Å²) in [6.45, 7) is 1.81. The van der Waals surface area contributed by atoms with Gasteiger partial charge in [0.05, 0.1) is 5.69 Å². The predicted octanol–water partition coefficient (Wildman–Crippen LogP) is 0.177. The second kappa shape index (κ2) is 1.68. The SMILES string of the molecule is Cc1nc2c(c(=O)[nH]1)CC2. The van der Waals surface area contributed by atoms with Gasteiger partial charge < -0.3 is 4.98 Å². The van der Waals surface area contributed by atoms with Crippen molar-refractivity contribution in [2.75, 3.05) is 0 Å². The first-order valence-corrected chi connectivity index (χ1v) is 3.36. The summed E-state index contributed by atoms with van der Waals surface area (Å²) in [7, 11) is 0. The lowest BCUT2D eigenvalue weighted by molar-refractivity contribution is 0.740. The molecule has 1 aliphatic rings. The van der Waals surface area contributed by atoms with Crippen molar-refractivity contribution in [2.24, 2.45) is 0 Å². The van der Waals surface area contributed by atoms with E-state index in [9.17, 15) is 4.79 Å². The maximum atomic E-state index is 11.0. The van der Waals surface area contributed by atoms with Crippen LogP contribution in [0.25, 0.3) is 0 Å². The fourth-order valence-electron chi connectivity index (χ4n) is 1.20. The molecule has 0 aliphatic heterocycles. The van der Waals surface area contributed by atoms with Gasteiger partial charge in [-0.15, -0.1) is 0 Å². The zero-order valence-electron chi connectivity index (χ0n) is 5.77. The van der Waals surface area contributed by atoms with Gasteiger partial charge in [0, 0.05) is 5.56 Å². The Morgan fingerprint density at radius 1 is 1.50 bits per heavy atom. The van der Waals surface area contributed by atoms with Crippen molar-refractivity contribution in [1.82, 2.24) is 9.97 Å². The quantitative estimate of drug-likeness (QED) is 0.553. The molecular weight excluding hydrogens is 128 g/mol. The summed E-state index contributed by atoms with van der Waals surface area (Å²) in [6.07, 6.45) is 1.87. The van der Waals surface area contributed by atoms with E-state index in [0.717, 1.165) is 29.9 Å². The molecule has 0 unspecified atom stereocenters. The van der Waals surface area contributed by atoms with Crippen LogP contribution in [0.5, 0.6) is 0 Å². The van der Waals surface area contributed by atoms with Crippen LogP contribution in [-0.4, -0.2) is 9.97 Å². The smallest absolute Gasteiger partial charge is 0.254 e. The predicted molar refractivity (Wildman–Crippen MR) is 37.0 cm³/mol. The highest BCUT2D eigenvalue weighted by Gasteiger charge is 2.18. The van der Waals surface area contributed by atoms with Crippen LogP contribution in [0, 0.1) is 6.92 Å². The number of H-pyrrole nitrogens is 1. The summed E-state index contributed by atoms with van der Waals surface area (Å²) in [4.78, 5) is 17.8. The lowest BCUT2D eigenvalue weighted by Gasteiger charge is -2.15. The van der Waals surface area contributed by atoms with E-state index in [1.807, 2.05) is 0 Å². The number of aryl methyl sites for hydroxylation is 2. The molecule has 0 saturated carbocycles. The van der Waals surface area contributed by atoms with Crippen LogP contribution >= 0.6 is 0 Å². The standard InChI is InChI=1S/C7H8N2O/c1-4-8-6-3-2-5(6)7(10)9-4/h2-3H2,1H3,(H,8,9,10). The Labute approximate surface area is 58.1 Å². The average Bonchev–Trinajstić information content (AvgIpc) is 1.77. The molecule has 0 aromatic carbocycles. The summed E-state index contributed by atoms with van der Waals surface area (Å²) < 4.78 is 0. The Morgan fingerprint density at radius 3 is 2.80 bits per heavy atom. The first-order valence-electron chi connectivity index (χ1n) is 3.36. The first-order chi connectivity index (χ1) is 4.77. The maximum Gasteiger partial charge on any atom is 0.254 e. The number of hydrogen-bond donors (Lipinski definition) is 1. The second-order valence-electron chi connectivity index (χ2n) is 2.58. The lowest BCUT2D eigenvalue weighted by Crippen LogP contribution is -2.26. The van der Waals surface area contributed by atoms with Crippen LogP contribution in [0.2, 0.25) is 0 Å². The van der Waals surface area contributed by atoms with Crippen molar-refractivity contribution in [1.29, 1.82) is 0 Å². The largest absolute Gasteiger partial charge is 0.311 e. The molecule has 3 heteroatoms. The monoisotopic (exact) mass is 136 g/mol. The maximum absolute atomic E-state index is 11.0. The van der Waals surface area contributed by atoms with Gasteiger partial charge in [-0.25, -0.2) is 4.98 Å². The molecule has 0 saturated heterocycles. The number of rotatable bonds is 0. The van der Waals surface area contributed by atoms with E-state index in [1.54, 1.807) is 6.92 Å². The molecule has 1 aromatic rings. The molecule has 0 amide bonds. The highest BCUT2D eigenvalue weighted by Crippen LogP contribution is 2.14. The minimum atomic E-state index is 0.0498. The molecule has 0 radical (unpaired) electrons. The van der Waals surface area contributed by atoms with E-state index in [1.165, 1.54) is 0 Å². The van der Waals surface area contributed by atoms with Crippen LogP contribution < -0.4 is 5.56 Å². The van der Waals surface area contributed by atoms with E-state index in [-0.39, 0.29) is 5.56 Å². The third-order valence-electron chi connectivity index (χ3n) is 1.83. The van der Waals surface area contributed by atoms with E-state index in [4.69, 9.17) is 0 Å². The Balaban J connectivity index is 2.75. The second-order valence-corrected chi connectivity index (χ2v) is 2.58.